The van der Waals surface area contributed by atoms with Crippen LogP contribution >= 0.6 is 11.3 Å². The maximum absolute atomic E-state index is 15.2. The highest BCUT2D eigenvalue weighted by Gasteiger charge is 2.38. The smallest absolute Gasteiger partial charge is 0.346 e. The number of hydrogen-bond donors (Lipinski definition) is 4. The Bertz CT molecular complexity index is 1380. The van der Waals surface area contributed by atoms with Gasteiger partial charge in [-0.1, -0.05) is 0 Å². The maximum atomic E-state index is 15.2. The molecule has 1 fully saturated rings. The summed E-state index contributed by atoms with van der Waals surface area (Å²) in [6, 6.07) is 4.28. The number of hydrogen-bond acceptors (Lipinski definition) is 9. The van der Waals surface area contributed by atoms with Crippen molar-refractivity contribution in [1.29, 1.82) is 0 Å². The summed E-state index contributed by atoms with van der Waals surface area (Å²) in [4.78, 5) is 12.2. The van der Waals surface area contributed by atoms with E-state index in [2.05, 4.69) is 5.32 Å². The second-order valence-corrected chi connectivity index (χ2v) is 9.71. The van der Waals surface area contributed by atoms with Gasteiger partial charge in [0.2, 0.25) is 6.35 Å². The molecule has 3 aromatic rings. The molecule has 202 valence electrons. The number of carboxylic acid groups (broad SMARTS) is 1. The monoisotopic (exact) mass is 552 g/mol. The first-order valence-electron chi connectivity index (χ1n) is 11.5. The molecule has 4 N–H and O–H groups in total. The zero-order valence-corrected chi connectivity index (χ0v) is 20.7. The molecule has 2 aromatic carbocycles. The van der Waals surface area contributed by atoms with Crippen LogP contribution in [0.2, 0.25) is 0 Å². The summed E-state index contributed by atoms with van der Waals surface area (Å²) in [5, 5.41) is 35.1. The summed E-state index contributed by atoms with van der Waals surface area (Å²) < 4.78 is 60.4. The second-order valence-electron chi connectivity index (χ2n) is 8.83. The Morgan fingerprint density at radius 3 is 2.55 bits per heavy atom. The van der Waals surface area contributed by atoms with Crippen molar-refractivity contribution >= 4 is 28.7 Å². The minimum Gasteiger partial charge on any atom is -0.493 e. The predicted molar refractivity (Wildman–Crippen MR) is 130 cm³/mol. The van der Waals surface area contributed by atoms with Gasteiger partial charge in [0.15, 0.2) is 35.2 Å². The fraction of sp³-hybridized carbons (Fsp3) is 0.320. The molecule has 1 aliphatic carbocycles. The Hall–Kier alpha value is -3.68. The van der Waals surface area contributed by atoms with E-state index in [1.165, 1.54) is 18.6 Å². The predicted octanol–water partition coefficient (Wildman–Crippen LogP) is 4.44. The second kappa shape index (κ2) is 10.2. The Morgan fingerprint density at radius 1 is 1.11 bits per heavy atom. The number of methoxy groups -OCH3 is 1. The molecule has 2 atom stereocenters. The molecule has 0 spiro atoms. The Kier molecular flexibility index (Phi) is 6.99. The number of rotatable bonds is 9. The van der Waals surface area contributed by atoms with E-state index < -0.39 is 42.6 Å². The number of carboxylic acids is 1. The van der Waals surface area contributed by atoms with Gasteiger partial charge in [-0.05, 0) is 30.9 Å². The molecular weight excluding hydrogens is 529 g/mol. The van der Waals surface area contributed by atoms with Crippen molar-refractivity contribution in [2.24, 2.45) is 5.92 Å². The summed E-state index contributed by atoms with van der Waals surface area (Å²) in [5.74, 6) is -4.24. The number of ether oxygens (including phenoxy) is 3. The number of fused-ring (bicyclic) bond motifs is 1. The summed E-state index contributed by atoms with van der Waals surface area (Å²) in [7, 11) is 1.25. The summed E-state index contributed by atoms with van der Waals surface area (Å²) in [6.45, 7) is -0.158. The molecule has 5 rings (SSSR count). The number of carbonyl (C=O) groups is 1. The van der Waals surface area contributed by atoms with Crippen LogP contribution in [0.25, 0.3) is 0 Å². The summed E-state index contributed by atoms with van der Waals surface area (Å²) in [6.07, 6.45) is -1.39. The lowest BCUT2D eigenvalue weighted by Crippen LogP contribution is -2.47. The average Bonchev–Trinajstić information content (AvgIpc) is 3.61. The van der Waals surface area contributed by atoms with Gasteiger partial charge in [-0.3, -0.25) is 4.90 Å². The van der Waals surface area contributed by atoms with Crippen molar-refractivity contribution in [1.82, 2.24) is 0 Å². The number of nitrogens with zero attached hydrogens (tertiary/aromatic N) is 1. The van der Waals surface area contributed by atoms with Gasteiger partial charge in [0.25, 0.3) is 0 Å². The number of halogens is 3. The SMILES string of the molecule is COc1cc(F)c(N2C(O)Nc3csc(C(=O)O)c3C2O)cc1OCc1c(OCC2CC2)ccc(F)c1F. The van der Waals surface area contributed by atoms with Gasteiger partial charge in [0, 0.05) is 23.1 Å². The molecule has 2 aliphatic rings. The van der Waals surface area contributed by atoms with Crippen LogP contribution in [0.4, 0.5) is 24.5 Å². The zero-order valence-electron chi connectivity index (χ0n) is 19.9. The van der Waals surface area contributed by atoms with Gasteiger partial charge in [-0.2, -0.15) is 0 Å². The van der Waals surface area contributed by atoms with E-state index in [-0.39, 0.29) is 44.6 Å². The van der Waals surface area contributed by atoms with Gasteiger partial charge in [-0.25, -0.2) is 18.0 Å². The molecule has 1 aliphatic heterocycles. The maximum Gasteiger partial charge on any atom is 0.346 e. The number of anilines is 2. The first-order valence-corrected chi connectivity index (χ1v) is 12.4. The zero-order chi connectivity index (χ0) is 27.1. The van der Waals surface area contributed by atoms with Crippen molar-refractivity contribution in [3.05, 3.63) is 63.1 Å². The van der Waals surface area contributed by atoms with Crippen molar-refractivity contribution in [3.63, 3.8) is 0 Å². The molecule has 0 bridgehead atoms. The standard InChI is InChI=1S/C25H23F3N2O7S/c1-35-18-6-14(27)16(30-23(31)20-15(29-25(30)34)10-38-22(20)24(32)33)7-19(18)37-9-12-17(36-8-11-2-3-11)5-4-13(26)21(12)28/h4-7,10-11,23,25,29,31,34H,2-3,8-9H2,1H3,(H,32,33). The molecule has 13 heteroatoms. The van der Waals surface area contributed by atoms with Crippen LogP contribution < -0.4 is 24.4 Å². The van der Waals surface area contributed by atoms with E-state index in [9.17, 15) is 28.9 Å². The molecule has 1 saturated carbocycles. The molecule has 38 heavy (non-hydrogen) atoms. The van der Waals surface area contributed by atoms with E-state index >= 15 is 4.39 Å². The van der Waals surface area contributed by atoms with Crippen LogP contribution in [0.3, 0.4) is 0 Å². The van der Waals surface area contributed by atoms with Gasteiger partial charge < -0.3 is 34.8 Å². The van der Waals surface area contributed by atoms with Crippen molar-refractivity contribution < 1.29 is 47.5 Å². The van der Waals surface area contributed by atoms with Gasteiger partial charge >= 0.3 is 5.97 Å². The third-order valence-electron chi connectivity index (χ3n) is 6.30. The molecular formula is C25H23F3N2O7S. The molecule has 2 heterocycles. The van der Waals surface area contributed by atoms with Crippen molar-refractivity contribution in [2.75, 3.05) is 23.9 Å². The third kappa shape index (κ3) is 4.79. The highest BCUT2D eigenvalue weighted by atomic mass is 32.1. The molecule has 0 saturated heterocycles. The Balaban J connectivity index is 1.47. The minimum atomic E-state index is -1.74. The number of benzene rings is 2. The van der Waals surface area contributed by atoms with E-state index in [0.29, 0.717) is 12.5 Å². The van der Waals surface area contributed by atoms with Gasteiger partial charge in [0.1, 0.15) is 17.2 Å². The normalized spacial score (nSPS) is 18.5. The average molecular weight is 553 g/mol. The van der Waals surface area contributed by atoms with E-state index in [0.717, 1.165) is 47.3 Å². The van der Waals surface area contributed by atoms with E-state index in [1.807, 2.05) is 0 Å². The van der Waals surface area contributed by atoms with Gasteiger partial charge in [0.05, 0.1) is 30.7 Å². The Morgan fingerprint density at radius 2 is 1.87 bits per heavy atom. The lowest BCUT2D eigenvalue weighted by molar-refractivity contribution is 0.0675. The summed E-state index contributed by atoms with van der Waals surface area (Å²) in [5.41, 5.74) is -0.419. The number of aliphatic hydroxyl groups excluding tert-OH is 2. The minimum absolute atomic E-state index is 0.0511. The molecule has 2 unspecified atom stereocenters. The van der Waals surface area contributed by atoms with Crippen LogP contribution in [0, 0.1) is 23.4 Å². The molecule has 9 nitrogen and oxygen atoms in total. The van der Waals surface area contributed by atoms with Crippen molar-refractivity contribution in [3.8, 4) is 17.2 Å². The number of aromatic carboxylic acids is 1. The lowest BCUT2D eigenvalue weighted by Gasteiger charge is -2.39. The first kappa shape index (κ1) is 25.9. The van der Waals surface area contributed by atoms with Crippen LogP contribution in [0.1, 0.15) is 39.9 Å². The van der Waals surface area contributed by atoms with Crippen LogP contribution in [0.5, 0.6) is 17.2 Å². The highest BCUT2D eigenvalue weighted by Crippen LogP contribution is 2.44. The summed E-state index contributed by atoms with van der Waals surface area (Å²) >= 11 is 0.833. The number of thiophene rings is 1. The van der Waals surface area contributed by atoms with E-state index in [4.69, 9.17) is 14.2 Å². The highest BCUT2D eigenvalue weighted by molar-refractivity contribution is 7.12. The quantitative estimate of drug-likeness (QED) is 0.305. The van der Waals surface area contributed by atoms with Crippen LogP contribution in [-0.2, 0) is 6.61 Å². The van der Waals surface area contributed by atoms with Crippen LogP contribution in [-0.4, -0.2) is 41.4 Å². The third-order valence-corrected chi connectivity index (χ3v) is 7.29. The number of nitrogens with one attached hydrogen (secondary N) is 1. The van der Waals surface area contributed by atoms with E-state index in [1.54, 1.807) is 0 Å². The molecule has 0 radical (unpaired) electrons. The fourth-order valence-electron chi connectivity index (χ4n) is 4.13. The Labute approximate surface area is 218 Å². The molecule has 1 aromatic heterocycles. The first-order chi connectivity index (χ1) is 18.2. The fourth-order valence-corrected chi connectivity index (χ4v) is 5.00. The van der Waals surface area contributed by atoms with Crippen LogP contribution in [0.15, 0.2) is 29.6 Å². The molecule has 0 amide bonds. The topological polar surface area (TPSA) is 121 Å². The number of aliphatic hydroxyl groups is 2. The lowest BCUT2D eigenvalue weighted by atomic mass is 10.1. The van der Waals surface area contributed by atoms with Gasteiger partial charge in [-0.15, -0.1) is 11.3 Å². The van der Waals surface area contributed by atoms with Crippen molar-refractivity contribution in [2.45, 2.75) is 32.0 Å². The largest absolute Gasteiger partial charge is 0.493 e.